The Morgan fingerprint density at radius 2 is 1.78 bits per heavy atom. The average Bonchev–Trinajstić information content (AvgIpc) is 2.63. The summed E-state index contributed by atoms with van der Waals surface area (Å²) in [5.74, 6) is 0. The topological polar surface area (TPSA) is 70.2 Å². The van der Waals surface area contributed by atoms with Crippen LogP contribution in [0.2, 0.25) is 5.02 Å². The lowest BCUT2D eigenvalue weighted by Crippen LogP contribution is -1.96. The lowest BCUT2D eigenvalue weighted by atomic mass is 10.1. The van der Waals surface area contributed by atoms with E-state index in [0.29, 0.717) is 5.02 Å². The maximum atomic E-state index is 11.1. The normalized spacial score (nSPS) is 12.3. The lowest BCUT2D eigenvalue weighted by Gasteiger charge is -1.97. The van der Waals surface area contributed by atoms with E-state index >= 15 is 0 Å². The Labute approximate surface area is 108 Å². The highest BCUT2D eigenvalue weighted by Crippen LogP contribution is 2.29. The van der Waals surface area contributed by atoms with Crippen molar-refractivity contribution in [3.63, 3.8) is 0 Å². The van der Waals surface area contributed by atoms with Crippen LogP contribution in [0.15, 0.2) is 41.3 Å². The molecule has 2 N–H and O–H groups in total. The summed E-state index contributed by atoms with van der Waals surface area (Å²) in [6, 6.07) is 9.73. The van der Waals surface area contributed by atoms with Crippen LogP contribution in [-0.4, -0.2) is 18.0 Å². The van der Waals surface area contributed by atoms with Gasteiger partial charge in [-0.15, -0.1) is 0 Å². The summed E-state index contributed by atoms with van der Waals surface area (Å²) >= 11 is 5.89. The van der Waals surface area contributed by atoms with Gasteiger partial charge in [0, 0.05) is 26.8 Å². The SMILES string of the molecule is O=S(=O)(O)c1ccc2[nH]c3cc(Cl)ccc3c2c1. The van der Waals surface area contributed by atoms with Crippen molar-refractivity contribution in [3.8, 4) is 0 Å². The van der Waals surface area contributed by atoms with E-state index in [1.165, 1.54) is 12.1 Å². The number of benzene rings is 2. The molecule has 1 heterocycles. The summed E-state index contributed by atoms with van der Waals surface area (Å²) in [7, 11) is -4.19. The van der Waals surface area contributed by atoms with E-state index in [0.717, 1.165) is 21.8 Å². The fourth-order valence-corrected chi connectivity index (χ4v) is 2.69. The van der Waals surface area contributed by atoms with Crippen LogP contribution in [0.3, 0.4) is 0 Å². The zero-order valence-corrected chi connectivity index (χ0v) is 10.6. The molecule has 0 fully saturated rings. The average molecular weight is 282 g/mol. The highest BCUT2D eigenvalue weighted by molar-refractivity contribution is 7.85. The second-order valence-electron chi connectivity index (χ2n) is 4.00. The Kier molecular flexibility index (Phi) is 2.38. The Bertz CT molecular complexity index is 868. The summed E-state index contributed by atoms with van der Waals surface area (Å²) in [6.07, 6.45) is 0. The van der Waals surface area contributed by atoms with Gasteiger partial charge >= 0.3 is 0 Å². The summed E-state index contributed by atoms with van der Waals surface area (Å²) in [6.45, 7) is 0. The molecule has 3 rings (SSSR count). The lowest BCUT2D eigenvalue weighted by molar-refractivity contribution is 0.483. The summed E-state index contributed by atoms with van der Waals surface area (Å²) < 4.78 is 31.3. The number of halogens is 1. The fraction of sp³-hybridized carbons (Fsp3) is 0. The molecule has 0 spiro atoms. The van der Waals surface area contributed by atoms with Crippen LogP contribution in [0, 0.1) is 0 Å². The third-order valence-electron chi connectivity index (χ3n) is 2.83. The van der Waals surface area contributed by atoms with Crippen LogP contribution in [0.5, 0.6) is 0 Å². The smallest absolute Gasteiger partial charge is 0.294 e. The number of hydrogen-bond donors (Lipinski definition) is 2. The first-order valence-corrected chi connectivity index (χ1v) is 6.95. The third-order valence-corrected chi connectivity index (χ3v) is 3.91. The predicted molar refractivity (Wildman–Crippen MR) is 70.6 cm³/mol. The molecular weight excluding hydrogens is 274 g/mol. The van der Waals surface area contributed by atoms with Gasteiger partial charge in [-0.2, -0.15) is 8.42 Å². The minimum Gasteiger partial charge on any atom is -0.354 e. The fourth-order valence-electron chi connectivity index (χ4n) is 2.02. The quantitative estimate of drug-likeness (QED) is 0.673. The molecule has 6 heteroatoms. The van der Waals surface area contributed by atoms with E-state index in [1.807, 2.05) is 6.07 Å². The first-order valence-electron chi connectivity index (χ1n) is 5.14. The molecule has 1 aromatic heterocycles. The van der Waals surface area contributed by atoms with E-state index in [2.05, 4.69) is 4.98 Å². The van der Waals surface area contributed by atoms with Crippen molar-refractivity contribution in [1.82, 2.24) is 4.98 Å². The number of rotatable bonds is 1. The first-order chi connectivity index (χ1) is 8.45. The van der Waals surface area contributed by atoms with Gasteiger partial charge in [-0.05, 0) is 30.3 Å². The van der Waals surface area contributed by atoms with E-state index in [9.17, 15) is 8.42 Å². The molecule has 0 unspecified atom stereocenters. The van der Waals surface area contributed by atoms with Crippen molar-refractivity contribution in [2.24, 2.45) is 0 Å². The highest BCUT2D eigenvalue weighted by Gasteiger charge is 2.12. The van der Waals surface area contributed by atoms with Gasteiger partial charge in [-0.3, -0.25) is 4.55 Å². The van der Waals surface area contributed by atoms with Crippen molar-refractivity contribution in [2.45, 2.75) is 4.90 Å². The van der Waals surface area contributed by atoms with E-state index in [1.54, 1.807) is 18.2 Å². The molecule has 4 nitrogen and oxygen atoms in total. The molecule has 2 aromatic carbocycles. The van der Waals surface area contributed by atoms with Crippen molar-refractivity contribution in [2.75, 3.05) is 0 Å². The van der Waals surface area contributed by atoms with E-state index < -0.39 is 10.1 Å². The van der Waals surface area contributed by atoms with Gasteiger partial charge in [-0.25, -0.2) is 0 Å². The minimum atomic E-state index is -4.19. The Balaban J connectivity index is 2.43. The van der Waals surface area contributed by atoms with E-state index in [4.69, 9.17) is 16.2 Å². The number of fused-ring (bicyclic) bond motifs is 3. The highest BCUT2D eigenvalue weighted by atomic mass is 35.5. The number of nitrogens with one attached hydrogen (secondary N) is 1. The monoisotopic (exact) mass is 281 g/mol. The first kappa shape index (κ1) is 11.5. The molecule has 0 atom stereocenters. The Hall–Kier alpha value is -1.56. The van der Waals surface area contributed by atoms with Crippen LogP contribution < -0.4 is 0 Å². The van der Waals surface area contributed by atoms with Crippen molar-refractivity contribution >= 4 is 43.5 Å². The zero-order valence-electron chi connectivity index (χ0n) is 9.01. The van der Waals surface area contributed by atoms with Gasteiger partial charge in [-0.1, -0.05) is 17.7 Å². The van der Waals surface area contributed by atoms with Crippen LogP contribution >= 0.6 is 11.6 Å². The number of H-pyrrole nitrogens is 1. The van der Waals surface area contributed by atoms with Gasteiger partial charge in [0.15, 0.2) is 0 Å². The van der Waals surface area contributed by atoms with Crippen molar-refractivity contribution in [3.05, 3.63) is 41.4 Å². The maximum absolute atomic E-state index is 11.1. The van der Waals surface area contributed by atoms with Gasteiger partial charge in [0.2, 0.25) is 0 Å². The second kappa shape index (κ2) is 3.71. The number of aromatic nitrogens is 1. The molecule has 92 valence electrons. The van der Waals surface area contributed by atoms with Crippen LogP contribution in [-0.2, 0) is 10.1 Å². The largest absolute Gasteiger partial charge is 0.354 e. The molecule has 18 heavy (non-hydrogen) atoms. The number of aromatic amines is 1. The molecule has 3 aromatic rings. The molecule has 0 saturated carbocycles. The van der Waals surface area contributed by atoms with Crippen LogP contribution in [0.4, 0.5) is 0 Å². The predicted octanol–water partition coefficient (Wildman–Crippen LogP) is 3.22. The molecule has 0 radical (unpaired) electrons. The molecule has 0 amide bonds. The van der Waals surface area contributed by atoms with E-state index in [-0.39, 0.29) is 4.90 Å². The Morgan fingerprint density at radius 3 is 2.50 bits per heavy atom. The van der Waals surface area contributed by atoms with Crippen molar-refractivity contribution in [1.29, 1.82) is 0 Å². The minimum absolute atomic E-state index is 0.120. The van der Waals surface area contributed by atoms with Gasteiger partial charge < -0.3 is 4.98 Å². The van der Waals surface area contributed by atoms with Crippen LogP contribution in [0.1, 0.15) is 0 Å². The molecule has 0 aliphatic heterocycles. The molecular formula is C12H8ClNO3S. The number of hydrogen-bond acceptors (Lipinski definition) is 2. The van der Waals surface area contributed by atoms with Crippen molar-refractivity contribution < 1.29 is 13.0 Å². The molecule has 0 aliphatic carbocycles. The standard InChI is InChI=1S/C12H8ClNO3S/c13-7-1-3-9-10-6-8(18(15,16)17)2-4-11(10)14-12(9)5-7/h1-6,14H,(H,15,16,17). The second-order valence-corrected chi connectivity index (χ2v) is 5.86. The summed E-state index contributed by atoms with van der Waals surface area (Å²) in [4.78, 5) is 3.02. The third kappa shape index (κ3) is 1.77. The van der Waals surface area contributed by atoms with Gasteiger partial charge in [0.05, 0.1) is 4.90 Å². The summed E-state index contributed by atoms with van der Waals surface area (Å²) in [5.41, 5.74) is 1.62. The summed E-state index contributed by atoms with van der Waals surface area (Å²) in [5, 5.41) is 2.20. The maximum Gasteiger partial charge on any atom is 0.294 e. The van der Waals surface area contributed by atoms with Crippen LogP contribution in [0.25, 0.3) is 21.8 Å². The zero-order chi connectivity index (χ0) is 12.9. The van der Waals surface area contributed by atoms with Gasteiger partial charge in [0.25, 0.3) is 10.1 Å². The van der Waals surface area contributed by atoms with Gasteiger partial charge in [0.1, 0.15) is 0 Å². The molecule has 0 saturated heterocycles. The molecule has 0 bridgehead atoms. The Morgan fingerprint density at radius 1 is 1.00 bits per heavy atom. The molecule has 0 aliphatic rings.